The van der Waals surface area contributed by atoms with E-state index in [-0.39, 0.29) is 5.97 Å². The van der Waals surface area contributed by atoms with Crippen LogP contribution in [0.15, 0.2) is 9.64 Å². The van der Waals surface area contributed by atoms with Gasteiger partial charge in [0.25, 0.3) is 5.22 Å². The lowest BCUT2D eigenvalue weighted by molar-refractivity contribution is -0.148. The second kappa shape index (κ2) is 6.96. The molecule has 1 rings (SSSR count). The molecule has 1 atom stereocenters. The van der Waals surface area contributed by atoms with Crippen LogP contribution in [-0.4, -0.2) is 35.9 Å². The van der Waals surface area contributed by atoms with Crippen molar-refractivity contribution in [2.75, 3.05) is 19.4 Å². The van der Waals surface area contributed by atoms with Crippen LogP contribution < -0.4 is 5.32 Å². The van der Waals surface area contributed by atoms with Crippen LogP contribution in [0.3, 0.4) is 0 Å². The number of nitrogens with one attached hydrogen (secondary N) is 1. The second-order valence-corrected chi connectivity index (χ2v) is 5.62. The number of likely N-dealkylation sites (N-methyl/N-ethyl adjacent to an activating group) is 1. The molecule has 1 aromatic rings. The quantitative estimate of drug-likeness (QED) is 0.613. The van der Waals surface area contributed by atoms with Crippen molar-refractivity contribution in [3.63, 3.8) is 0 Å². The third kappa shape index (κ3) is 4.24. The van der Waals surface area contributed by atoms with E-state index >= 15 is 0 Å². The Labute approximate surface area is 118 Å². The van der Waals surface area contributed by atoms with E-state index in [0.717, 1.165) is 17.2 Å². The number of carbonyl (C=O) groups excluding carboxylic acids is 1. The van der Waals surface area contributed by atoms with Crippen molar-refractivity contribution in [1.29, 1.82) is 0 Å². The number of oxazole rings is 1. The minimum atomic E-state index is -0.660. The fourth-order valence-corrected chi connectivity index (χ4v) is 2.80. The predicted octanol–water partition coefficient (Wildman–Crippen LogP) is 2.31. The largest absolute Gasteiger partial charge is 0.468 e. The third-order valence-corrected chi connectivity index (χ3v) is 3.87. The molecule has 0 fully saturated rings. The molecule has 1 unspecified atom stereocenters. The Bertz CT molecular complexity index is 414. The zero-order valence-corrected chi connectivity index (χ0v) is 13.0. The van der Waals surface area contributed by atoms with Crippen LogP contribution >= 0.6 is 11.8 Å². The van der Waals surface area contributed by atoms with Crippen molar-refractivity contribution >= 4 is 17.7 Å². The molecule has 6 heteroatoms. The third-order valence-electron chi connectivity index (χ3n) is 3.04. The van der Waals surface area contributed by atoms with E-state index in [4.69, 9.17) is 9.15 Å². The molecule has 0 saturated carbocycles. The average Bonchev–Trinajstić information content (AvgIpc) is 2.68. The highest BCUT2D eigenvalue weighted by Crippen LogP contribution is 2.23. The van der Waals surface area contributed by atoms with Crippen LogP contribution in [0.4, 0.5) is 0 Å². The van der Waals surface area contributed by atoms with E-state index in [1.165, 1.54) is 18.9 Å². The van der Waals surface area contributed by atoms with Gasteiger partial charge in [0.1, 0.15) is 11.3 Å². The van der Waals surface area contributed by atoms with Gasteiger partial charge in [-0.2, -0.15) is 0 Å². The molecule has 0 amide bonds. The monoisotopic (exact) mass is 286 g/mol. The van der Waals surface area contributed by atoms with Gasteiger partial charge in [-0.15, -0.1) is 0 Å². The van der Waals surface area contributed by atoms with Gasteiger partial charge in [-0.3, -0.25) is 4.79 Å². The summed E-state index contributed by atoms with van der Waals surface area (Å²) < 4.78 is 10.3. The van der Waals surface area contributed by atoms with E-state index in [9.17, 15) is 4.79 Å². The first-order valence-corrected chi connectivity index (χ1v) is 7.31. The van der Waals surface area contributed by atoms with Crippen LogP contribution in [-0.2, 0) is 9.53 Å². The molecule has 1 aromatic heterocycles. The summed E-state index contributed by atoms with van der Waals surface area (Å²) in [6, 6.07) is 0. The van der Waals surface area contributed by atoms with Crippen LogP contribution in [0.25, 0.3) is 0 Å². The zero-order valence-electron chi connectivity index (χ0n) is 12.2. The number of hydrogen-bond acceptors (Lipinski definition) is 6. The number of thioether (sulfide) groups is 1. The lowest BCUT2D eigenvalue weighted by Crippen LogP contribution is -2.50. The van der Waals surface area contributed by atoms with Crippen molar-refractivity contribution in [3.05, 3.63) is 11.5 Å². The first-order chi connectivity index (χ1) is 8.92. The first-order valence-electron chi connectivity index (χ1n) is 6.33. The highest BCUT2D eigenvalue weighted by molar-refractivity contribution is 7.99. The van der Waals surface area contributed by atoms with Gasteiger partial charge in [-0.05, 0) is 33.7 Å². The Kier molecular flexibility index (Phi) is 5.87. The summed E-state index contributed by atoms with van der Waals surface area (Å²) in [6.45, 7) is 8.35. The Morgan fingerprint density at radius 2 is 2.21 bits per heavy atom. The van der Waals surface area contributed by atoms with Crippen molar-refractivity contribution in [1.82, 2.24) is 10.3 Å². The molecule has 5 nitrogen and oxygen atoms in total. The van der Waals surface area contributed by atoms with Crippen LogP contribution in [0.2, 0.25) is 0 Å². The van der Waals surface area contributed by atoms with Gasteiger partial charge in [-0.1, -0.05) is 18.7 Å². The van der Waals surface area contributed by atoms with Gasteiger partial charge in [0.05, 0.1) is 12.8 Å². The summed E-state index contributed by atoms with van der Waals surface area (Å²) in [5.74, 6) is 1.33. The lowest BCUT2D eigenvalue weighted by Gasteiger charge is -2.27. The maximum Gasteiger partial charge on any atom is 0.325 e. The van der Waals surface area contributed by atoms with Crippen molar-refractivity contribution in [2.45, 2.75) is 44.9 Å². The Balaban J connectivity index is 2.55. The van der Waals surface area contributed by atoms with E-state index in [1.807, 2.05) is 27.7 Å². The zero-order chi connectivity index (χ0) is 14.5. The molecule has 1 heterocycles. The van der Waals surface area contributed by atoms with Crippen LogP contribution in [0, 0.1) is 13.8 Å². The maximum absolute atomic E-state index is 11.8. The molecule has 0 saturated heterocycles. The smallest absolute Gasteiger partial charge is 0.325 e. The number of hydrogen-bond donors (Lipinski definition) is 1. The highest BCUT2D eigenvalue weighted by atomic mass is 32.2. The minimum absolute atomic E-state index is 0.241. The second-order valence-electron chi connectivity index (χ2n) is 4.57. The summed E-state index contributed by atoms with van der Waals surface area (Å²) in [7, 11) is 1.41. The van der Waals surface area contributed by atoms with Gasteiger partial charge in [0.2, 0.25) is 0 Å². The number of aryl methyl sites for hydroxylation is 2. The van der Waals surface area contributed by atoms with Gasteiger partial charge >= 0.3 is 5.97 Å². The number of methoxy groups -OCH3 is 1. The number of carbonyl (C=O) groups is 1. The molecule has 0 aliphatic carbocycles. The number of aromatic nitrogens is 1. The lowest BCUT2D eigenvalue weighted by atomic mass is 9.99. The van der Waals surface area contributed by atoms with Gasteiger partial charge in [-0.25, -0.2) is 4.98 Å². The summed E-state index contributed by atoms with van der Waals surface area (Å²) in [5, 5.41) is 3.83. The fourth-order valence-electron chi connectivity index (χ4n) is 1.73. The molecular formula is C13H22N2O3S. The predicted molar refractivity (Wildman–Crippen MR) is 75.4 cm³/mol. The number of ether oxygens (including phenoxy) is 1. The number of esters is 1. The minimum Gasteiger partial charge on any atom is -0.468 e. The molecule has 108 valence electrons. The Hall–Kier alpha value is -1.01. The summed E-state index contributed by atoms with van der Waals surface area (Å²) >= 11 is 1.51. The molecule has 19 heavy (non-hydrogen) atoms. The van der Waals surface area contributed by atoms with E-state index < -0.39 is 5.54 Å². The Morgan fingerprint density at radius 1 is 1.53 bits per heavy atom. The average molecular weight is 286 g/mol. The summed E-state index contributed by atoms with van der Waals surface area (Å²) in [5.41, 5.74) is 0.248. The number of nitrogens with zero attached hydrogens (tertiary/aromatic N) is 1. The van der Waals surface area contributed by atoms with Gasteiger partial charge in [0, 0.05) is 5.75 Å². The maximum atomic E-state index is 11.8. The van der Waals surface area contributed by atoms with Crippen molar-refractivity contribution < 1.29 is 13.9 Å². The normalized spacial score (nSPS) is 14.2. The molecule has 0 bridgehead atoms. The molecule has 0 aliphatic heterocycles. The molecular weight excluding hydrogens is 264 g/mol. The summed E-state index contributed by atoms with van der Waals surface area (Å²) in [6.07, 6.45) is 0.651. The highest BCUT2D eigenvalue weighted by Gasteiger charge is 2.33. The van der Waals surface area contributed by atoms with Gasteiger partial charge in [0.15, 0.2) is 0 Å². The standard InChI is InChI=1S/C13H22N2O3S/c1-6-14-13(4,11(16)17-5)7-8-19-12-15-9(2)10(3)18-12/h14H,6-8H2,1-5H3. The van der Waals surface area contributed by atoms with Crippen molar-refractivity contribution in [2.24, 2.45) is 0 Å². The van der Waals surface area contributed by atoms with Gasteiger partial charge < -0.3 is 14.5 Å². The summed E-state index contributed by atoms with van der Waals surface area (Å²) in [4.78, 5) is 16.1. The SMILES string of the molecule is CCNC(C)(CCSc1nc(C)c(C)o1)C(=O)OC. The van der Waals surface area contributed by atoms with E-state index in [0.29, 0.717) is 18.2 Å². The molecule has 0 aromatic carbocycles. The number of rotatable bonds is 7. The molecule has 0 radical (unpaired) electrons. The molecule has 0 spiro atoms. The van der Waals surface area contributed by atoms with E-state index in [1.54, 1.807) is 0 Å². The topological polar surface area (TPSA) is 64.4 Å². The molecule has 0 aliphatic rings. The van der Waals surface area contributed by atoms with E-state index in [2.05, 4.69) is 10.3 Å². The van der Waals surface area contributed by atoms with Crippen LogP contribution in [0.5, 0.6) is 0 Å². The van der Waals surface area contributed by atoms with Crippen molar-refractivity contribution in [3.8, 4) is 0 Å². The first kappa shape index (κ1) is 16.0. The van der Waals surface area contributed by atoms with Crippen LogP contribution in [0.1, 0.15) is 31.7 Å². The molecule has 1 N–H and O–H groups in total. The fraction of sp³-hybridized carbons (Fsp3) is 0.692. The Morgan fingerprint density at radius 3 is 2.68 bits per heavy atom.